The molecule has 0 amide bonds. The molecule has 33 heavy (non-hydrogen) atoms. The standard InChI is InChI=1S/C22H19Cl2FN4O3S/c1-27-29-22(28-26)10-15-8-16(23)11-18(9-15)32-21-7-6-19(12-20(21)24)33(30,31)13-14-2-4-17(25)5-3-14/h2-9,11-12H,1,10,13,26H2,(H,28,29). The number of benzene rings is 3. The van der Waals surface area contributed by atoms with Crippen LogP contribution in [0.3, 0.4) is 0 Å². The Kier molecular flexibility index (Phi) is 7.91. The molecule has 0 heterocycles. The first-order valence-corrected chi connectivity index (χ1v) is 11.8. The van der Waals surface area contributed by atoms with Gasteiger partial charge in [-0.25, -0.2) is 12.8 Å². The molecule has 172 valence electrons. The van der Waals surface area contributed by atoms with Gasteiger partial charge in [-0.2, -0.15) is 10.2 Å². The van der Waals surface area contributed by atoms with Crippen LogP contribution in [0.15, 0.2) is 75.8 Å². The second-order valence-corrected chi connectivity index (χ2v) is 9.73. The number of hydrogen-bond acceptors (Lipinski definition) is 6. The van der Waals surface area contributed by atoms with Crippen LogP contribution in [0.2, 0.25) is 10.0 Å². The molecule has 0 aliphatic heterocycles. The van der Waals surface area contributed by atoms with Crippen molar-refractivity contribution in [1.82, 2.24) is 5.43 Å². The predicted molar refractivity (Wildman–Crippen MR) is 128 cm³/mol. The fourth-order valence-corrected chi connectivity index (χ4v) is 4.85. The van der Waals surface area contributed by atoms with Crippen molar-refractivity contribution in [2.45, 2.75) is 17.1 Å². The van der Waals surface area contributed by atoms with Crippen molar-refractivity contribution in [3.8, 4) is 11.5 Å². The van der Waals surface area contributed by atoms with Crippen LogP contribution in [-0.4, -0.2) is 21.0 Å². The van der Waals surface area contributed by atoms with E-state index in [-0.39, 0.29) is 21.4 Å². The molecule has 0 atom stereocenters. The average molecular weight is 509 g/mol. The zero-order valence-electron chi connectivity index (χ0n) is 17.1. The van der Waals surface area contributed by atoms with E-state index < -0.39 is 15.7 Å². The number of nitrogens with one attached hydrogen (secondary N) is 1. The Morgan fingerprint density at radius 2 is 1.79 bits per heavy atom. The van der Waals surface area contributed by atoms with Crippen molar-refractivity contribution in [3.05, 3.63) is 87.7 Å². The number of hydrogen-bond donors (Lipinski definition) is 2. The molecular weight excluding hydrogens is 490 g/mol. The van der Waals surface area contributed by atoms with Crippen molar-refractivity contribution in [2.24, 2.45) is 16.0 Å². The minimum absolute atomic E-state index is 0.0164. The largest absolute Gasteiger partial charge is 0.456 e. The second-order valence-electron chi connectivity index (χ2n) is 6.90. The molecular formula is C22H19Cl2FN4O3S. The Morgan fingerprint density at radius 3 is 2.42 bits per heavy atom. The maximum absolute atomic E-state index is 13.1. The first-order chi connectivity index (χ1) is 15.7. The number of sulfone groups is 1. The Hall–Kier alpha value is -3.14. The van der Waals surface area contributed by atoms with Gasteiger partial charge in [0.15, 0.2) is 9.84 Å². The van der Waals surface area contributed by atoms with Crippen LogP contribution in [0.25, 0.3) is 0 Å². The molecule has 0 bridgehead atoms. The number of nitrogens with zero attached hydrogens (tertiary/aromatic N) is 2. The number of ether oxygens (including phenoxy) is 1. The van der Waals surface area contributed by atoms with Gasteiger partial charge in [-0.15, -0.1) is 0 Å². The van der Waals surface area contributed by atoms with Gasteiger partial charge in [0.2, 0.25) is 0 Å². The summed E-state index contributed by atoms with van der Waals surface area (Å²) in [7, 11) is -3.70. The maximum atomic E-state index is 13.1. The number of amidine groups is 1. The van der Waals surface area contributed by atoms with Crippen LogP contribution in [-0.2, 0) is 22.0 Å². The van der Waals surface area contributed by atoms with Crippen LogP contribution in [0.5, 0.6) is 11.5 Å². The van der Waals surface area contributed by atoms with Crippen molar-refractivity contribution < 1.29 is 17.5 Å². The van der Waals surface area contributed by atoms with E-state index in [4.69, 9.17) is 33.8 Å². The number of nitrogens with two attached hydrogens (primary N) is 1. The minimum Gasteiger partial charge on any atom is -0.456 e. The van der Waals surface area contributed by atoms with Crippen molar-refractivity contribution in [3.63, 3.8) is 0 Å². The molecule has 0 radical (unpaired) electrons. The fraction of sp³-hybridized carbons (Fsp3) is 0.0909. The van der Waals surface area contributed by atoms with Crippen molar-refractivity contribution >= 4 is 45.6 Å². The SMILES string of the molecule is C=NN/C(Cc1cc(Cl)cc(Oc2ccc(S(=O)(=O)Cc3ccc(F)cc3)cc2Cl)c1)=N\N. The van der Waals surface area contributed by atoms with Gasteiger partial charge in [-0.05, 0) is 59.7 Å². The van der Waals surface area contributed by atoms with Gasteiger partial charge < -0.3 is 10.6 Å². The van der Waals surface area contributed by atoms with Crippen molar-refractivity contribution in [2.75, 3.05) is 0 Å². The summed E-state index contributed by atoms with van der Waals surface area (Å²) in [6.45, 7) is 3.32. The smallest absolute Gasteiger partial charge is 0.182 e. The molecule has 0 fully saturated rings. The van der Waals surface area contributed by atoms with Gasteiger partial charge in [-0.3, -0.25) is 5.43 Å². The molecule has 0 spiro atoms. The Bertz CT molecular complexity index is 1300. The Balaban J connectivity index is 1.80. The van der Waals surface area contributed by atoms with Crippen LogP contribution < -0.4 is 16.0 Å². The lowest BCUT2D eigenvalue weighted by Crippen LogP contribution is -2.21. The van der Waals surface area contributed by atoms with E-state index in [1.54, 1.807) is 18.2 Å². The normalized spacial score (nSPS) is 11.8. The topological polar surface area (TPSA) is 106 Å². The lowest BCUT2D eigenvalue weighted by molar-refractivity contribution is 0.482. The van der Waals surface area contributed by atoms with E-state index in [9.17, 15) is 12.8 Å². The van der Waals surface area contributed by atoms with Gasteiger partial charge in [-0.1, -0.05) is 35.3 Å². The summed E-state index contributed by atoms with van der Waals surface area (Å²) in [6, 6.07) is 14.4. The molecule has 0 unspecified atom stereocenters. The maximum Gasteiger partial charge on any atom is 0.182 e. The molecule has 11 heteroatoms. The van der Waals surface area contributed by atoms with Crippen LogP contribution in [0.4, 0.5) is 4.39 Å². The monoisotopic (exact) mass is 508 g/mol. The lowest BCUT2D eigenvalue weighted by Gasteiger charge is -2.12. The molecule has 0 saturated carbocycles. The summed E-state index contributed by atoms with van der Waals surface area (Å²) in [5.74, 6) is 5.58. The predicted octanol–water partition coefficient (Wildman–Crippen LogP) is 4.92. The first-order valence-electron chi connectivity index (χ1n) is 9.43. The van der Waals surface area contributed by atoms with E-state index in [0.29, 0.717) is 28.6 Å². The summed E-state index contributed by atoms with van der Waals surface area (Å²) < 4.78 is 44.4. The fourth-order valence-electron chi connectivity index (χ4n) is 2.95. The molecule has 7 nitrogen and oxygen atoms in total. The molecule has 0 aromatic heterocycles. The summed E-state index contributed by atoms with van der Waals surface area (Å²) >= 11 is 12.5. The molecule has 3 rings (SSSR count). The Morgan fingerprint density at radius 1 is 1.06 bits per heavy atom. The van der Waals surface area contributed by atoms with E-state index in [2.05, 4.69) is 22.3 Å². The van der Waals surface area contributed by atoms with Crippen LogP contribution in [0, 0.1) is 5.82 Å². The highest BCUT2D eigenvalue weighted by Crippen LogP contribution is 2.34. The summed E-state index contributed by atoms with van der Waals surface area (Å²) in [5.41, 5.74) is 3.77. The zero-order chi connectivity index (χ0) is 24.0. The van der Waals surface area contributed by atoms with E-state index in [1.807, 2.05) is 0 Å². The van der Waals surface area contributed by atoms with Gasteiger partial charge in [0.05, 0.1) is 15.7 Å². The molecule has 3 aromatic rings. The average Bonchev–Trinajstić information content (AvgIpc) is 2.76. The highest BCUT2D eigenvalue weighted by Gasteiger charge is 2.18. The third kappa shape index (κ3) is 6.67. The summed E-state index contributed by atoms with van der Waals surface area (Å²) in [6.07, 6.45) is 0.292. The molecule has 0 aliphatic carbocycles. The molecule has 3 N–H and O–H groups in total. The molecule has 0 aliphatic rings. The highest BCUT2D eigenvalue weighted by molar-refractivity contribution is 7.90. The number of halogens is 3. The highest BCUT2D eigenvalue weighted by atomic mass is 35.5. The number of rotatable bonds is 8. The Labute approximate surface area is 200 Å². The van der Waals surface area contributed by atoms with Gasteiger partial charge in [0.25, 0.3) is 0 Å². The minimum atomic E-state index is -3.70. The second kappa shape index (κ2) is 10.7. The lowest BCUT2D eigenvalue weighted by atomic mass is 10.1. The van der Waals surface area contributed by atoms with Crippen molar-refractivity contribution in [1.29, 1.82) is 0 Å². The van der Waals surface area contributed by atoms with E-state index in [1.165, 1.54) is 42.5 Å². The zero-order valence-corrected chi connectivity index (χ0v) is 19.5. The summed E-state index contributed by atoms with van der Waals surface area (Å²) in [5, 5.41) is 7.61. The van der Waals surface area contributed by atoms with Gasteiger partial charge in [0.1, 0.15) is 23.2 Å². The third-order valence-electron chi connectivity index (χ3n) is 4.43. The van der Waals surface area contributed by atoms with Gasteiger partial charge in [0, 0.05) is 18.2 Å². The molecule has 3 aromatic carbocycles. The van der Waals surface area contributed by atoms with Crippen LogP contribution >= 0.6 is 23.2 Å². The number of hydrazone groups is 2. The third-order valence-corrected chi connectivity index (χ3v) is 6.63. The van der Waals surface area contributed by atoms with Gasteiger partial charge >= 0.3 is 0 Å². The quantitative estimate of drug-likeness (QED) is 0.194. The van der Waals surface area contributed by atoms with E-state index >= 15 is 0 Å². The van der Waals surface area contributed by atoms with Crippen LogP contribution in [0.1, 0.15) is 11.1 Å². The first kappa shape index (κ1) is 24.5. The molecule has 0 saturated heterocycles. The summed E-state index contributed by atoms with van der Waals surface area (Å²) in [4.78, 5) is 0.0164. The van der Waals surface area contributed by atoms with E-state index in [0.717, 1.165) is 5.56 Å².